The van der Waals surface area contributed by atoms with Crippen molar-refractivity contribution in [2.45, 2.75) is 6.54 Å². The van der Waals surface area contributed by atoms with Gasteiger partial charge in [-0.1, -0.05) is 6.07 Å². The smallest absolute Gasteiger partial charge is 0.271 e. The Bertz CT molecular complexity index is 953. The first-order chi connectivity index (χ1) is 12.7. The van der Waals surface area contributed by atoms with Crippen molar-refractivity contribution in [2.75, 3.05) is 12.1 Å². The predicted molar refractivity (Wildman–Crippen MR) is 98.1 cm³/mol. The summed E-state index contributed by atoms with van der Waals surface area (Å²) in [4.78, 5) is 29.7. The lowest BCUT2D eigenvalue weighted by Gasteiger charge is -2.03. The van der Waals surface area contributed by atoms with Gasteiger partial charge in [0.05, 0.1) is 6.54 Å². The first kappa shape index (κ1) is 16.6. The molecule has 0 fully saturated rings. The molecule has 9 heteroatoms. The van der Waals surface area contributed by atoms with Gasteiger partial charge in [0.1, 0.15) is 5.69 Å². The lowest BCUT2D eigenvalue weighted by atomic mass is 10.2. The number of carbonyl (C=O) groups excluding carboxylic acids is 2. The van der Waals surface area contributed by atoms with E-state index in [0.29, 0.717) is 28.7 Å². The summed E-state index contributed by atoms with van der Waals surface area (Å²) in [7, 11) is 0. The fourth-order valence-electron chi connectivity index (χ4n) is 2.31. The Labute approximate surface area is 156 Å². The second-order valence-corrected chi connectivity index (χ2v) is 7.21. The van der Waals surface area contributed by atoms with Crippen LogP contribution in [0.15, 0.2) is 41.1 Å². The first-order valence-corrected chi connectivity index (χ1v) is 9.42. The minimum atomic E-state index is -0.330. The SMILES string of the molecule is O=C(Nc1nc(C(=O)NCc2cccs2)cs1)c1ccc2c(c1)OCO2. The van der Waals surface area contributed by atoms with E-state index in [1.165, 1.54) is 11.3 Å². The van der Waals surface area contributed by atoms with E-state index in [4.69, 9.17) is 9.47 Å². The molecule has 4 rings (SSSR count). The molecular weight excluding hydrogens is 374 g/mol. The number of aromatic nitrogens is 1. The van der Waals surface area contributed by atoms with Crippen LogP contribution in [-0.4, -0.2) is 23.6 Å². The van der Waals surface area contributed by atoms with E-state index in [1.54, 1.807) is 34.9 Å². The van der Waals surface area contributed by atoms with Crippen molar-refractivity contribution in [3.05, 3.63) is 57.2 Å². The molecule has 0 radical (unpaired) electrons. The summed E-state index contributed by atoms with van der Waals surface area (Å²) in [5.74, 6) is 0.535. The number of carbonyl (C=O) groups is 2. The highest BCUT2D eigenvalue weighted by Gasteiger charge is 2.18. The highest BCUT2D eigenvalue weighted by atomic mass is 32.1. The molecule has 1 aliphatic rings. The Balaban J connectivity index is 1.38. The third-order valence-corrected chi connectivity index (χ3v) is 5.23. The molecule has 0 unspecified atom stereocenters. The van der Waals surface area contributed by atoms with E-state index >= 15 is 0 Å². The number of amides is 2. The third-order valence-electron chi connectivity index (χ3n) is 3.60. The number of thiazole rings is 1. The standard InChI is InChI=1S/C17H13N3O4S2/c21-15(10-3-4-13-14(6-10)24-9-23-13)20-17-19-12(8-26-17)16(22)18-7-11-2-1-5-25-11/h1-6,8H,7,9H2,(H,18,22)(H,19,20,21). The van der Waals surface area contributed by atoms with Crippen LogP contribution in [0.2, 0.25) is 0 Å². The van der Waals surface area contributed by atoms with Gasteiger partial charge in [0, 0.05) is 15.8 Å². The molecule has 0 saturated heterocycles. The number of hydrogen-bond acceptors (Lipinski definition) is 7. The number of thiophene rings is 1. The zero-order valence-electron chi connectivity index (χ0n) is 13.4. The van der Waals surface area contributed by atoms with Gasteiger partial charge in [-0.25, -0.2) is 4.98 Å². The molecule has 7 nitrogen and oxygen atoms in total. The van der Waals surface area contributed by atoms with Crippen LogP contribution in [0.5, 0.6) is 11.5 Å². The zero-order chi connectivity index (χ0) is 17.9. The Morgan fingerprint density at radius 1 is 1.12 bits per heavy atom. The van der Waals surface area contributed by atoms with Gasteiger partial charge in [0.2, 0.25) is 6.79 Å². The summed E-state index contributed by atoms with van der Waals surface area (Å²) in [6.07, 6.45) is 0. The molecule has 0 aliphatic carbocycles. The minimum absolute atomic E-state index is 0.150. The fraction of sp³-hybridized carbons (Fsp3) is 0.118. The molecule has 1 aromatic carbocycles. The van der Waals surface area contributed by atoms with Crippen LogP contribution in [0.25, 0.3) is 0 Å². The van der Waals surface area contributed by atoms with Crippen molar-refractivity contribution in [2.24, 2.45) is 0 Å². The van der Waals surface area contributed by atoms with Gasteiger partial charge in [-0.05, 0) is 29.6 Å². The fourth-order valence-corrected chi connectivity index (χ4v) is 3.64. The molecule has 2 N–H and O–H groups in total. The molecular formula is C17H13N3O4S2. The molecule has 0 bridgehead atoms. The zero-order valence-corrected chi connectivity index (χ0v) is 15.0. The molecule has 1 aliphatic heterocycles. The van der Waals surface area contributed by atoms with Gasteiger partial charge in [0.25, 0.3) is 11.8 Å². The van der Waals surface area contributed by atoms with Crippen molar-refractivity contribution in [1.29, 1.82) is 0 Å². The summed E-state index contributed by atoms with van der Waals surface area (Å²) in [6, 6.07) is 8.81. The molecule has 3 heterocycles. The molecule has 132 valence electrons. The van der Waals surface area contributed by atoms with Crippen LogP contribution in [0.4, 0.5) is 5.13 Å². The molecule has 26 heavy (non-hydrogen) atoms. The summed E-state index contributed by atoms with van der Waals surface area (Å²) >= 11 is 2.76. The first-order valence-electron chi connectivity index (χ1n) is 7.66. The van der Waals surface area contributed by atoms with Crippen LogP contribution in [-0.2, 0) is 6.54 Å². The monoisotopic (exact) mass is 387 g/mol. The summed E-state index contributed by atoms with van der Waals surface area (Å²) < 4.78 is 10.5. The van der Waals surface area contributed by atoms with Gasteiger partial charge >= 0.3 is 0 Å². The highest BCUT2D eigenvalue weighted by Crippen LogP contribution is 2.32. The summed E-state index contributed by atoms with van der Waals surface area (Å²) in [5.41, 5.74) is 0.695. The van der Waals surface area contributed by atoms with E-state index < -0.39 is 0 Å². The Morgan fingerprint density at radius 2 is 2.00 bits per heavy atom. The molecule has 3 aromatic rings. The van der Waals surface area contributed by atoms with E-state index in [2.05, 4.69) is 15.6 Å². The summed E-state index contributed by atoms with van der Waals surface area (Å²) in [5, 5.41) is 9.41. The van der Waals surface area contributed by atoms with Gasteiger partial charge in [-0.3, -0.25) is 14.9 Å². The van der Waals surface area contributed by atoms with Gasteiger partial charge in [-0.2, -0.15) is 0 Å². The number of hydrogen-bond donors (Lipinski definition) is 2. The number of benzene rings is 1. The second kappa shape index (κ2) is 7.14. The van der Waals surface area contributed by atoms with E-state index in [9.17, 15) is 9.59 Å². The van der Waals surface area contributed by atoms with Gasteiger partial charge in [0.15, 0.2) is 16.6 Å². The number of anilines is 1. The Morgan fingerprint density at radius 3 is 2.85 bits per heavy atom. The van der Waals surface area contributed by atoms with Crippen LogP contribution < -0.4 is 20.1 Å². The molecule has 0 saturated carbocycles. The maximum absolute atomic E-state index is 12.3. The van der Waals surface area contributed by atoms with Crippen molar-refractivity contribution in [3.8, 4) is 11.5 Å². The van der Waals surface area contributed by atoms with E-state index in [0.717, 1.165) is 4.88 Å². The van der Waals surface area contributed by atoms with Crippen molar-refractivity contribution in [1.82, 2.24) is 10.3 Å². The molecule has 2 amide bonds. The average molecular weight is 387 g/mol. The largest absolute Gasteiger partial charge is 0.454 e. The highest BCUT2D eigenvalue weighted by molar-refractivity contribution is 7.14. The number of ether oxygens (including phenoxy) is 2. The lowest BCUT2D eigenvalue weighted by molar-refractivity contribution is 0.0945. The third kappa shape index (κ3) is 3.53. The normalized spacial score (nSPS) is 12.0. The van der Waals surface area contributed by atoms with Crippen molar-refractivity contribution >= 4 is 39.6 Å². The number of nitrogens with zero attached hydrogens (tertiary/aromatic N) is 1. The average Bonchev–Trinajstić information content (AvgIpc) is 3.39. The van der Waals surface area contributed by atoms with Crippen LogP contribution in [0, 0.1) is 0 Å². The molecule has 0 atom stereocenters. The van der Waals surface area contributed by atoms with Gasteiger partial charge in [-0.15, -0.1) is 22.7 Å². The topological polar surface area (TPSA) is 89.6 Å². The Hall–Kier alpha value is -2.91. The molecule has 2 aromatic heterocycles. The number of rotatable bonds is 5. The second-order valence-electron chi connectivity index (χ2n) is 5.32. The predicted octanol–water partition coefficient (Wildman–Crippen LogP) is 3.12. The minimum Gasteiger partial charge on any atom is -0.454 e. The maximum Gasteiger partial charge on any atom is 0.271 e. The van der Waals surface area contributed by atoms with Crippen LogP contribution in [0.1, 0.15) is 25.7 Å². The maximum atomic E-state index is 12.3. The van der Waals surface area contributed by atoms with Crippen LogP contribution in [0.3, 0.4) is 0 Å². The van der Waals surface area contributed by atoms with Crippen molar-refractivity contribution in [3.63, 3.8) is 0 Å². The van der Waals surface area contributed by atoms with E-state index in [-0.39, 0.29) is 24.3 Å². The number of fused-ring (bicyclic) bond motifs is 1. The molecule has 0 spiro atoms. The van der Waals surface area contributed by atoms with Crippen LogP contribution >= 0.6 is 22.7 Å². The quantitative estimate of drug-likeness (QED) is 0.702. The lowest BCUT2D eigenvalue weighted by Crippen LogP contribution is -2.22. The number of nitrogens with one attached hydrogen (secondary N) is 2. The van der Waals surface area contributed by atoms with Crippen molar-refractivity contribution < 1.29 is 19.1 Å². The summed E-state index contributed by atoms with van der Waals surface area (Å²) in [6.45, 7) is 0.601. The van der Waals surface area contributed by atoms with E-state index in [1.807, 2.05) is 17.5 Å². The Kier molecular flexibility index (Phi) is 4.55. The van der Waals surface area contributed by atoms with Gasteiger partial charge < -0.3 is 14.8 Å².